The summed E-state index contributed by atoms with van der Waals surface area (Å²) in [5.41, 5.74) is 1.36. The molecule has 0 aromatic heterocycles. The van der Waals surface area contributed by atoms with Crippen molar-refractivity contribution < 1.29 is 0 Å². The molecule has 82 valence electrons. The smallest absolute Gasteiger partial charge is 0.0412 e. The SMILES string of the molecule is CCC1CNC(C)CN1c1ccccc1. The molecule has 0 saturated carbocycles. The largest absolute Gasteiger partial charge is 0.366 e. The van der Waals surface area contributed by atoms with Crippen molar-refractivity contribution in [3.8, 4) is 0 Å². The predicted molar refractivity (Wildman–Crippen MR) is 65.3 cm³/mol. The van der Waals surface area contributed by atoms with Crippen molar-refractivity contribution in [3.05, 3.63) is 30.3 Å². The van der Waals surface area contributed by atoms with Crippen molar-refractivity contribution >= 4 is 5.69 Å². The van der Waals surface area contributed by atoms with Crippen molar-refractivity contribution in [2.45, 2.75) is 32.4 Å². The highest BCUT2D eigenvalue weighted by Crippen LogP contribution is 2.20. The molecule has 1 aliphatic rings. The molecule has 1 aliphatic heterocycles. The van der Waals surface area contributed by atoms with E-state index in [1.165, 1.54) is 12.1 Å². The van der Waals surface area contributed by atoms with E-state index >= 15 is 0 Å². The number of para-hydroxylation sites is 1. The van der Waals surface area contributed by atoms with Gasteiger partial charge in [-0.15, -0.1) is 0 Å². The van der Waals surface area contributed by atoms with Crippen LogP contribution in [0.2, 0.25) is 0 Å². The Balaban J connectivity index is 2.17. The van der Waals surface area contributed by atoms with E-state index in [4.69, 9.17) is 0 Å². The fourth-order valence-corrected chi connectivity index (χ4v) is 2.26. The lowest BCUT2D eigenvalue weighted by atomic mass is 10.1. The van der Waals surface area contributed by atoms with Crippen LogP contribution < -0.4 is 10.2 Å². The van der Waals surface area contributed by atoms with E-state index in [1.807, 2.05) is 0 Å². The van der Waals surface area contributed by atoms with Crippen LogP contribution in [0.3, 0.4) is 0 Å². The van der Waals surface area contributed by atoms with E-state index in [2.05, 4.69) is 54.4 Å². The van der Waals surface area contributed by atoms with Gasteiger partial charge in [0.2, 0.25) is 0 Å². The number of hydrogen-bond acceptors (Lipinski definition) is 2. The lowest BCUT2D eigenvalue weighted by Crippen LogP contribution is -2.55. The highest BCUT2D eigenvalue weighted by Gasteiger charge is 2.24. The first-order valence-electron chi connectivity index (χ1n) is 5.86. The molecular formula is C13H20N2. The Morgan fingerprint density at radius 3 is 2.73 bits per heavy atom. The van der Waals surface area contributed by atoms with Crippen molar-refractivity contribution in [1.29, 1.82) is 0 Å². The maximum atomic E-state index is 3.54. The van der Waals surface area contributed by atoms with Gasteiger partial charge >= 0.3 is 0 Å². The molecule has 2 unspecified atom stereocenters. The Kier molecular flexibility index (Phi) is 3.27. The molecular weight excluding hydrogens is 184 g/mol. The molecule has 0 bridgehead atoms. The number of nitrogens with zero attached hydrogens (tertiary/aromatic N) is 1. The summed E-state index contributed by atoms with van der Waals surface area (Å²) in [5.74, 6) is 0. The van der Waals surface area contributed by atoms with Crippen LogP contribution in [0.5, 0.6) is 0 Å². The zero-order chi connectivity index (χ0) is 10.7. The van der Waals surface area contributed by atoms with Crippen molar-refractivity contribution in [2.24, 2.45) is 0 Å². The average molecular weight is 204 g/mol. The van der Waals surface area contributed by atoms with Gasteiger partial charge in [0.25, 0.3) is 0 Å². The summed E-state index contributed by atoms with van der Waals surface area (Å²) in [6, 6.07) is 12.0. The quantitative estimate of drug-likeness (QED) is 0.795. The normalized spacial score (nSPS) is 26.7. The van der Waals surface area contributed by atoms with Crippen LogP contribution >= 0.6 is 0 Å². The van der Waals surface area contributed by atoms with Gasteiger partial charge < -0.3 is 10.2 Å². The molecule has 0 amide bonds. The Hall–Kier alpha value is -1.02. The first-order chi connectivity index (χ1) is 7.31. The first-order valence-corrected chi connectivity index (χ1v) is 5.86. The maximum absolute atomic E-state index is 3.54. The highest BCUT2D eigenvalue weighted by atomic mass is 15.2. The zero-order valence-corrected chi connectivity index (χ0v) is 9.61. The molecule has 0 spiro atoms. The minimum atomic E-state index is 0.591. The third-order valence-corrected chi connectivity index (χ3v) is 3.17. The van der Waals surface area contributed by atoms with E-state index in [0.717, 1.165) is 13.1 Å². The molecule has 1 fully saturated rings. The minimum absolute atomic E-state index is 0.591. The molecule has 1 saturated heterocycles. The topological polar surface area (TPSA) is 15.3 Å². The summed E-state index contributed by atoms with van der Waals surface area (Å²) in [5, 5.41) is 3.54. The van der Waals surface area contributed by atoms with Crippen LogP contribution in [0.15, 0.2) is 30.3 Å². The van der Waals surface area contributed by atoms with Crippen LogP contribution in [-0.4, -0.2) is 25.2 Å². The molecule has 2 nitrogen and oxygen atoms in total. The Bertz CT molecular complexity index is 297. The molecule has 1 aromatic rings. The molecule has 0 aliphatic carbocycles. The number of rotatable bonds is 2. The number of benzene rings is 1. The van der Waals surface area contributed by atoms with Crippen LogP contribution in [-0.2, 0) is 0 Å². The zero-order valence-electron chi connectivity index (χ0n) is 9.61. The third kappa shape index (κ3) is 2.32. The minimum Gasteiger partial charge on any atom is -0.366 e. The van der Waals surface area contributed by atoms with Gasteiger partial charge in [-0.05, 0) is 25.5 Å². The van der Waals surface area contributed by atoms with Crippen LogP contribution in [0.25, 0.3) is 0 Å². The number of anilines is 1. The average Bonchev–Trinajstić information content (AvgIpc) is 2.30. The Labute approximate surface area is 92.3 Å². The van der Waals surface area contributed by atoms with Crippen LogP contribution in [0, 0.1) is 0 Å². The first kappa shape index (κ1) is 10.5. The molecule has 1 N–H and O–H groups in total. The molecule has 2 atom stereocenters. The van der Waals surface area contributed by atoms with Gasteiger partial charge in [-0.25, -0.2) is 0 Å². The van der Waals surface area contributed by atoms with Gasteiger partial charge in [0.15, 0.2) is 0 Å². The maximum Gasteiger partial charge on any atom is 0.0412 e. The number of hydrogen-bond donors (Lipinski definition) is 1. The summed E-state index contributed by atoms with van der Waals surface area (Å²) in [4.78, 5) is 2.53. The van der Waals surface area contributed by atoms with Gasteiger partial charge in [-0.2, -0.15) is 0 Å². The molecule has 15 heavy (non-hydrogen) atoms. The summed E-state index contributed by atoms with van der Waals surface area (Å²) < 4.78 is 0. The molecule has 1 aromatic carbocycles. The predicted octanol–water partition coefficient (Wildman–Crippen LogP) is 2.26. The Morgan fingerprint density at radius 1 is 1.33 bits per heavy atom. The summed E-state index contributed by atoms with van der Waals surface area (Å²) in [6.45, 7) is 6.73. The van der Waals surface area contributed by atoms with Crippen LogP contribution in [0.1, 0.15) is 20.3 Å². The van der Waals surface area contributed by atoms with E-state index in [0.29, 0.717) is 12.1 Å². The molecule has 0 radical (unpaired) electrons. The van der Waals surface area contributed by atoms with Gasteiger partial charge in [-0.1, -0.05) is 25.1 Å². The summed E-state index contributed by atoms with van der Waals surface area (Å²) >= 11 is 0. The second kappa shape index (κ2) is 4.67. The molecule has 1 heterocycles. The lowest BCUT2D eigenvalue weighted by molar-refractivity contribution is 0.402. The standard InChI is InChI=1S/C13H20N2/c1-3-12-9-14-11(2)10-15(12)13-7-5-4-6-8-13/h4-8,11-12,14H,3,9-10H2,1-2H3. The number of piperazine rings is 1. The summed E-state index contributed by atoms with van der Waals surface area (Å²) in [6.07, 6.45) is 1.20. The Morgan fingerprint density at radius 2 is 2.07 bits per heavy atom. The number of nitrogens with one attached hydrogen (secondary N) is 1. The van der Waals surface area contributed by atoms with Gasteiger partial charge in [0.05, 0.1) is 0 Å². The second-order valence-corrected chi connectivity index (χ2v) is 4.36. The molecule has 2 rings (SSSR count). The fraction of sp³-hybridized carbons (Fsp3) is 0.538. The monoisotopic (exact) mass is 204 g/mol. The van der Waals surface area contributed by atoms with E-state index in [1.54, 1.807) is 0 Å². The van der Waals surface area contributed by atoms with E-state index in [9.17, 15) is 0 Å². The van der Waals surface area contributed by atoms with Gasteiger partial charge in [-0.3, -0.25) is 0 Å². The van der Waals surface area contributed by atoms with Gasteiger partial charge in [0, 0.05) is 30.9 Å². The van der Waals surface area contributed by atoms with E-state index in [-0.39, 0.29) is 0 Å². The second-order valence-electron chi connectivity index (χ2n) is 4.36. The third-order valence-electron chi connectivity index (χ3n) is 3.17. The van der Waals surface area contributed by atoms with Crippen LogP contribution in [0.4, 0.5) is 5.69 Å². The van der Waals surface area contributed by atoms with E-state index < -0.39 is 0 Å². The molecule has 2 heteroatoms. The highest BCUT2D eigenvalue weighted by molar-refractivity contribution is 5.47. The summed E-state index contributed by atoms with van der Waals surface area (Å²) in [7, 11) is 0. The van der Waals surface area contributed by atoms with Crippen molar-refractivity contribution in [1.82, 2.24) is 5.32 Å². The van der Waals surface area contributed by atoms with Crippen molar-refractivity contribution in [2.75, 3.05) is 18.0 Å². The lowest BCUT2D eigenvalue weighted by Gasteiger charge is -2.40. The van der Waals surface area contributed by atoms with Crippen molar-refractivity contribution in [3.63, 3.8) is 0 Å². The van der Waals surface area contributed by atoms with Gasteiger partial charge in [0.1, 0.15) is 0 Å². The fourth-order valence-electron chi connectivity index (χ4n) is 2.26.